The minimum absolute atomic E-state index is 0.0854. The van der Waals surface area contributed by atoms with Crippen LogP contribution in [0.5, 0.6) is 5.75 Å². The van der Waals surface area contributed by atoms with Crippen LogP contribution in [0.4, 0.5) is 5.69 Å². The number of fused-ring (bicyclic) bond motifs is 1. The number of carbonyl (C=O) groups excluding carboxylic acids is 1. The first-order valence-electron chi connectivity index (χ1n) is 11.7. The predicted octanol–water partition coefficient (Wildman–Crippen LogP) is 5.30. The van der Waals surface area contributed by atoms with E-state index in [9.17, 15) is 4.79 Å². The minimum Gasteiger partial charge on any atom is -0.494 e. The number of nitrogens with one attached hydrogen (secondary N) is 2. The van der Waals surface area contributed by atoms with Gasteiger partial charge in [0, 0.05) is 11.3 Å². The van der Waals surface area contributed by atoms with Crippen molar-refractivity contribution in [3.8, 4) is 17.1 Å². The van der Waals surface area contributed by atoms with E-state index in [2.05, 4.69) is 27.9 Å². The Morgan fingerprint density at radius 1 is 1.00 bits per heavy atom. The number of para-hydroxylation sites is 1. The zero-order valence-corrected chi connectivity index (χ0v) is 20.5. The van der Waals surface area contributed by atoms with E-state index >= 15 is 0 Å². The number of hydrogen-bond donors (Lipinski definition) is 2. The van der Waals surface area contributed by atoms with E-state index in [1.165, 1.54) is 11.8 Å². The molecule has 0 bridgehead atoms. The number of rotatable bonds is 7. The van der Waals surface area contributed by atoms with Crippen molar-refractivity contribution >= 4 is 23.4 Å². The molecule has 1 amide bonds. The van der Waals surface area contributed by atoms with Crippen molar-refractivity contribution in [3.05, 3.63) is 90.0 Å². The van der Waals surface area contributed by atoms with E-state index in [-0.39, 0.29) is 11.9 Å². The van der Waals surface area contributed by atoms with Gasteiger partial charge in [0.1, 0.15) is 11.0 Å². The second kappa shape index (κ2) is 10.2. The summed E-state index contributed by atoms with van der Waals surface area (Å²) in [7, 11) is 0. The molecule has 178 valence electrons. The fourth-order valence-electron chi connectivity index (χ4n) is 4.17. The molecule has 0 spiro atoms. The van der Waals surface area contributed by atoms with Crippen molar-refractivity contribution < 1.29 is 9.53 Å². The first kappa shape index (κ1) is 23.0. The Morgan fingerprint density at radius 2 is 1.74 bits per heavy atom. The highest BCUT2D eigenvalue weighted by Gasteiger charge is 2.38. The number of aryl methyl sites for hydroxylation is 1. The van der Waals surface area contributed by atoms with Gasteiger partial charge in [-0.25, -0.2) is 4.68 Å². The van der Waals surface area contributed by atoms with Crippen LogP contribution in [-0.4, -0.2) is 32.6 Å². The molecule has 0 fully saturated rings. The van der Waals surface area contributed by atoms with Gasteiger partial charge in [0.2, 0.25) is 11.1 Å². The lowest BCUT2D eigenvalue weighted by Crippen LogP contribution is -2.41. The maximum atomic E-state index is 13.6. The molecule has 2 atom stereocenters. The summed E-state index contributed by atoms with van der Waals surface area (Å²) < 4.78 is 7.50. The topological polar surface area (TPSA) is 81.1 Å². The third-order valence-corrected chi connectivity index (χ3v) is 7.15. The molecule has 2 N–H and O–H groups in total. The molecule has 0 unspecified atom stereocenters. The van der Waals surface area contributed by atoms with Crippen molar-refractivity contribution in [1.82, 2.24) is 14.9 Å². The standard InChI is InChI=1S/C27H27N5O2S/c1-3-18-10-8-9-13-22(18)28-26(33)24-23(19-14-16-21(17-15-19)34-4-2)31-32-25(29-30-27(32)35-24)20-11-6-5-7-12-20/h5-17,23-24,31H,3-4H2,1-2H3,(H,28,33)/t23-,24-/m1/s1. The van der Waals surface area contributed by atoms with Gasteiger partial charge in [0.15, 0.2) is 5.82 Å². The molecule has 0 aliphatic carbocycles. The summed E-state index contributed by atoms with van der Waals surface area (Å²) in [6.45, 7) is 4.64. The molecule has 0 radical (unpaired) electrons. The number of anilines is 1. The van der Waals surface area contributed by atoms with Crippen molar-refractivity contribution in [2.75, 3.05) is 17.3 Å². The molecule has 7 nitrogen and oxygen atoms in total. The number of aromatic nitrogens is 3. The Kier molecular flexibility index (Phi) is 6.72. The van der Waals surface area contributed by atoms with Gasteiger partial charge in [-0.15, -0.1) is 10.2 Å². The van der Waals surface area contributed by atoms with Gasteiger partial charge in [0.25, 0.3) is 0 Å². The summed E-state index contributed by atoms with van der Waals surface area (Å²) in [5, 5.41) is 12.1. The molecule has 3 aromatic carbocycles. The second-order valence-electron chi connectivity index (χ2n) is 8.15. The van der Waals surface area contributed by atoms with E-state index < -0.39 is 5.25 Å². The molecule has 35 heavy (non-hydrogen) atoms. The summed E-state index contributed by atoms with van der Waals surface area (Å²) in [6, 6.07) is 25.4. The van der Waals surface area contributed by atoms with Gasteiger partial charge < -0.3 is 15.5 Å². The quantitative estimate of drug-likeness (QED) is 0.370. The molecular formula is C27H27N5O2S. The molecule has 8 heteroatoms. The summed E-state index contributed by atoms with van der Waals surface area (Å²) in [4.78, 5) is 13.6. The number of amides is 1. The van der Waals surface area contributed by atoms with E-state index in [0.29, 0.717) is 17.6 Å². The summed E-state index contributed by atoms with van der Waals surface area (Å²) in [5.41, 5.74) is 7.39. The zero-order valence-electron chi connectivity index (χ0n) is 19.6. The van der Waals surface area contributed by atoms with Crippen LogP contribution in [0, 0.1) is 0 Å². The SMILES string of the molecule is CCOc1ccc([C@H]2Nn3c(nnc3-c3ccccc3)S[C@H]2C(=O)Nc2ccccc2CC)cc1. The first-order valence-corrected chi connectivity index (χ1v) is 12.6. The lowest BCUT2D eigenvalue weighted by molar-refractivity contribution is -0.116. The molecular weight excluding hydrogens is 458 g/mol. The molecule has 1 aliphatic rings. The van der Waals surface area contributed by atoms with Crippen LogP contribution < -0.4 is 15.5 Å². The normalized spacial score (nSPS) is 16.7. The fourth-order valence-corrected chi connectivity index (χ4v) is 5.25. The lowest BCUT2D eigenvalue weighted by Gasteiger charge is -2.33. The zero-order chi connectivity index (χ0) is 24.2. The number of hydrogen-bond acceptors (Lipinski definition) is 6. The van der Waals surface area contributed by atoms with Crippen LogP contribution in [0.15, 0.2) is 84.0 Å². The number of thioether (sulfide) groups is 1. The Morgan fingerprint density at radius 3 is 2.49 bits per heavy atom. The highest BCUT2D eigenvalue weighted by Crippen LogP contribution is 2.39. The minimum atomic E-state index is -0.460. The molecule has 0 saturated heterocycles. The van der Waals surface area contributed by atoms with Gasteiger partial charge in [-0.3, -0.25) is 4.79 Å². The Hall–Kier alpha value is -3.78. The average Bonchev–Trinajstić information content (AvgIpc) is 3.32. The van der Waals surface area contributed by atoms with Gasteiger partial charge in [-0.2, -0.15) is 0 Å². The lowest BCUT2D eigenvalue weighted by atomic mass is 10.0. The van der Waals surface area contributed by atoms with E-state index in [1.807, 2.05) is 90.5 Å². The van der Waals surface area contributed by atoms with Gasteiger partial charge >= 0.3 is 0 Å². The van der Waals surface area contributed by atoms with Gasteiger partial charge in [0.05, 0.1) is 12.6 Å². The van der Waals surface area contributed by atoms with Crippen molar-refractivity contribution in [2.24, 2.45) is 0 Å². The Labute approximate surface area is 208 Å². The van der Waals surface area contributed by atoms with Gasteiger partial charge in [-0.05, 0) is 42.7 Å². The number of nitrogens with zero attached hydrogens (tertiary/aromatic N) is 3. The fraction of sp³-hybridized carbons (Fsp3) is 0.222. The number of ether oxygens (including phenoxy) is 1. The highest BCUT2D eigenvalue weighted by atomic mass is 32.2. The summed E-state index contributed by atoms with van der Waals surface area (Å²) in [5.74, 6) is 1.42. The molecule has 5 rings (SSSR count). The summed E-state index contributed by atoms with van der Waals surface area (Å²) in [6.07, 6.45) is 0.837. The van der Waals surface area contributed by atoms with E-state index in [4.69, 9.17) is 4.74 Å². The van der Waals surface area contributed by atoms with Gasteiger partial charge in [-0.1, -0.05) is 79.3 Å². The van der Waals surface area contributed by atoms with Crippen LogP contribution in [0.2, 0.25) is 0 Å². The number of benzene rings is 3. The highest BCUT2D eigenvalue weighted by molar-refractivity contribution is 8.00. The maximum absolute atomic E-state index is 13.6. The van der Waals surface area contributed by atoms with Crippen LogP contribution in [0.25, 0.3) is 11.4 Å². The van der Waals surface area contributed by atoms with Crippen LogP contribution >= 0.6 is 11.8 Å². The molecule has 0 saturated carbocycles. The molecule has 4 aromatic rings. The van der Waals surface area contributed by atoms with Crippen LogP contribution in [0.1, 0.15) is 31.0 Å². The third-order valence-electron chi connectivity index (χ3n) is 5.93. The molecule has 2 heterocycles. The largest absolute Gasteiger partial charge is 0.494 e. The third kappa shape index (κ3) is 4.74. The second-order valence-corrected chi connectivity index (χ2v) is 9.26. The first-order chi connectivity index (χ1) is 17.2. The van der Waals surface area contributed by atoms with E-state index in [1.54, 1.807) is 0 Å². The number of carbonyl (C=O) groups is 1. The Balaban J connectivity index is 1.50. The average molecular weight is 486 g/mol. The van der Waals surface area contributed by atoms with Crippen LogP contribution in [0.3, 0.4) is 0 Å². The Bertz CT molecular complexity index is 1310. The predicted molar refractivity (Wildman–Crippen MR) is 139 cm³/mol. The van der Waals surface area contributed by atoms with Crippen molar-refractivity contribution in [2.45, 2.75) is 36.7 Å². The molecule has 1 aliphatic heterocycles. The van der Waals surface area contributed by atoms with Crippen molar-refractivity contribution in [3.63, 3.8) is 0 Å². The smallest absolute Gasteiger partial charge is 0.240 e. The molecule has 1 aromatic heterocycles. The summed E-state index contributed by atoms with van der Waals surface area (Å²) >= 11 is 1.41. The van der Waals surface area contributed by atoms with Crippen LogP contribution in [-0.2, 0) is 11.2 Å². The van der Waals surface area contributed by atoms with Crippen molar-refractivity contribution in [1.29, 1.82) is 0 Å². The monoisotopic (exact) mass is 485 g/mol. The van der Waals surface area contributed by atoms with E-state index in [0.717, 1.165) is 34.5 Å². The maximum Gasteiger partial charge on any atom is 0.240 e.